The molecule has 110 valence electrons. The summed E-state index contributed by atoms with van der Waals surface area (Å²) in [5.41, 5.74) is 1.71. The molecule has 0 spiro atoms. The highest BCUT2D eigenvalue weighted by Crippen LogP contribution is 2.40. The van der Waals surface area contributed by atoms with Crippen molar-refractivity contribution < 1.29 is 13.9 Å². The smallest absolute Gasteiger partial charge is 0.231 e. The van der Waals surface area contributed by atoms with E-state index >= 15 is 0 Å². The minimum atomic E-state index is -0.190. The second-order valence-electron chi connectivity index (χ2n) is 4.94. The molecule has 3 rings (SSSR count). The molecule has 1 unspecified atom stereocenters. The third-order valence-corrected chi connectivity index (χ3v) is 4.06. The van der Waals surface area contributed by atoms with Gasteiger partial charge < -0.3 is 14.8 Å². The average Bonchev–Trinajstić information content (AvgIpc) is 2.94. The summed E-state index contributed by atoms with van der Waals surface area (Å²) in [7, 11) is 0. The lowest BCUT2D eigenvalue weighted by Gasteiger charge is -2.15. The largest absolute Gasteiger partial charge is 0.454 e. The van der Waals surface area contributed by atoms with Crippen molar-refractivity contribution in [2.24, 2.45) is 0 Å². The Morgan fingerprint density at radius 1 is 1.29 bits per heavy atom. The maximum atomic E-state index is 13.7. The highest BCUT2D eigenvalue weighted by Gasteiger charge is 2.18. The maximum absolute atomic E-state index is 13.7. The van der Waals surface area contributed by atoms with Gasteiger partial charge in [-0.15, -0.1) is 0 Å². The molecule has 1 aliphatic heterocycles. The van der Waals surface area contributed by atoms with Crippen molar-refractivity contribution in [3.8, 4) is 11.5 Å². The van der Waals surface area contributed by atoms with E-state index in [4.69, 9.17) is 9.47 Å². The van der Waals surface area contributed by atoms with Gasteiger partial charge >= 0.3 is 0 Å². The van der Waals surface area contributed by atoms with E-state index in [9.17, 15) is 4.39 Å². The second kappa shape index (κ2) is 6.03. The van der Waals surface area contributed by atoms with Crippen LogP contribution in [0.2, 0.25) is 0 Å². The van der Waals surface area contributed by atoms with Crippen LogP contribution in [-0.4, -0.2) is 6.79 Å². The predicted molar refractivity (Wildman–Crippen MR) is 81.9 cm³/mol. The zero-order valence-corrected chi connectivity index (χ0v) is 13.1. The Morgan fingerprint density at radius 2 is 2.10 bits per heavy atom. The Morgan fingerprint density at radius 3 is 2.90 bits per heavy atom. The number of benzene rings is 2. The molecule has 0 bridgehead atoms. The molecule has 1 heterocycles. The fourth-order valence-corrected chi connectivity index (χ4v) is 2.93. The van der Waals surface area contributed by atoms with Crippen molar-refractivity contribution in [3.63, 3.8) is 0 Å². The fraction of sp³-hybridized carbons (Fsp3) is 0.250. The van der Waals surface area contributed by atoms with Gasteiger partial charge in [0.25, 0.3) is 0 Å². The Hall–Kier alpha value is -1.59. The molecule has 0 saturated heterocycles. The molecule has 0 aromatic heterocycles. The lowest BCUT2D eigenvalue weighted by atomic mass is 10.1. The van der Waals surface area contributed by atoms with Crippen LogP contribution in [0, 0.1) is 5.82 Å². The number of ether oxygens (including phenoxy) is 2. The summed E-state index contributed by atoms with van der Waals surface area (Å²) < 4.78 is 25.3. The zero-order valence-electron chi connectivity index (χ0n) is 11.5. The van der Waals surface area contributed by atoms with Gasteiger partial charge in [0.05, 0.1) is 4.47 Å². The zero-order chi connectivity index (χ0) is 14.8. The number of hydrogen-bond acceptors (Lipinski definition) is 3. The predicted octanol–water partition coefficient (Wildman–Crippen LogP) is 4.17. The molecule has 2 aromatic rings. The molecule has 0 saturated carbocycles. The monoisotopic (exact) mass is 351 g/mol. The molecule has 0 aliphatic carbocycles. The van der Waals surface area contributed by atoms with E-state index in [1.807, 2.05) is 25.1 Å². The summed E-state index contributed by atoms with van der Waals surface area (Å²) in [6.45, 7) is 2.81. The number of rotatable bonds is 4. The van der Waals surface area contributed by atoms with E-state index in [1.54, 1.807) is 12.1 Å². The van der Waals surface area contributed by atoms with E-state index in [1.165, 1.54) is 6.07 Å². The van der Waals surface area contributed by atoms with Crippen LogP contribution in [0.25, 0.3) is 0 Å². The van der Waals surface area contributed by atoms with Crippen LogP contribution in [0.3, 0.4) is 0 Å². The van der Waals surface area contributed by atoms with Gasteiger partial charge in [-0.25, -0.2) is 4.39 Å². The first-order chi connectivity index (χ1) is 10.1. The molecular weight excluding hydrogens is 337 g/mol. The van der Waals surface area contributed by atoms with Crippen LogP contribution < -0.4 is 14.8 Å². The quantitative estimate of drug-likeness (QED) is 0.896. The molecule has 1 atom stereocenters. The summed E-state index contributed by atoms with van der Waals surface area (Å²) in [5, 5.41) is 3.32. The minimum Gasteiger partial charge on any atom is -0.454 e. The summed E-state index contributed by atoms with van der Waals surface area (Å²) >= 11 is 3.47. The molecule has 5 heteroatoms. The van der Waals surface area contributed by atoms with E-state index in [-0.39, 0.29) is 18.7 Å². The van der Waals surface area contributed by atoms with Gasteiger partial charge in [-0.3, -0.25) is 0 Å². The second-order valence-corrected chi connectivity index (χ2v) is 5.79. The molecule has 0 fully saturated rings. The third-order valence-electron chi connectivity index (χ3n) is 3.47. The van der Waals surface area contributed by atoms with Crippen molar-refractivity contribution in [2.75, 3.05) is 6.79 Å². The number of fused-ring (bicyclic) bond motifs is 1. The summed E-state index contributed by atoms with van der Waals surface area (Å²) in [4.78, 5) is 0. The SMILES string of the molecule is CC(NCc1cc(Br)c2c(c1)OCO2)c1ccccc1F. The molecule has 3 nitrogen and oxygen atoms in total. The van der Waals surface area contributed by atoms with Gasteiger partial charge in [0.2, 0.25) is 6.79 Å². The lowest BCUT2D eigenvalue weighted by Crippen LogP contribution is -2.19. The lowest BCUT2D eigenvalue weighted by molar-refractivity contribution is 0.173. The molecule has 0 amide bonds. The molecular formula is C16H15BrFNO2. The Bertz CT molecular complexity index is 663. The van der Waals surface area contributed by atoms with Crippen LogP contribution >= 0.6 is 15.9 Å². The van der Waals surface area contributed by atoms with Crippen molar-refractivity contribution >= 4 is 15.9 Å². The van der Waals surface area contributed by atoms with Crippen LogP contribution in [0.15, 0.2) is 40.9 Å². The average molecular weight is 352 g/mol. The summed E-state index contributed by atoms with van der Waals surface area (Å²) in [6, 6.07) is 10.7. The van der Waals surface area contributed by atoms with Gasteiger partial charge in [-0.2, -0.15) is 0 Å². The van der Waals surface area contributed by atoms with E-state index < -0.39 is 0 Å². The van der Waals surface area contributed by atoms with Gasteiger partial charge in [0.1, 0.15) is 5.82 Å². The third kappa shape index (κ3) is 3.04. The molecule has 1 aliphatic rings. The van der Waals surface area contributed by atoms with Gasteiger partial charge in [-0.1, -0.05) is 18.2 Å². The highest BCUT2D eigenvalue weighted by atomic mass is 79.9. The van der Waals surface area contributed by atoms with Gasteiger partial charge in [0, 0.05) is 18.2 Å². The first-order valence-corrected chi connectivity index (χ1v) is 7.50. The van der Waals surface area contributed by atoms with Crippen molar-refractivity contribution in [1.82, 2.24) is 5.32 Å². The van der Waals surface area contributed by atoms with E-state index in [2.05, 4.69) is 21.2 Å². The van der Waals surface area contributed by atoms with Crippen LogP contribution in [0.1, 0.15) is 24.1 Å². The molecule has 21 heavy (non-hydrogen) atoms. The Kier molecular flexibility index (Phi) is 4.12. The van der Waals surface area contributed by atoms with Crippen LogP contribution in [0.4, 0.5) is 4.39 Å². The minimum absolute atomic E-state index is 0.0737. The van der Waals surface area contributed by atoms with Crippen LogP contribution in [-0.2, 0) is 6.54 Å². The van der Waals surface area contributed by atoms with Crippen molar-refractivity contribution in [2.45, 2.75) is 19.5 Å². The first-order valence-electron chi connectivity index (χ1n) is 6.71. The standard InChI is InChI=1S/C16H15BrFNO2/c1-10(12-4-2-3-5-14(12)18)19-8-11-6-13(17)16-15(7-11)20-9-21-16/h2-7,10,19H,8-9H2,1H3. The Labute approximate surface area is 131 Å². The van der Waals surface area contributed by atoms with E-state index in [0.717, 1.165) is 21.5 Å². The first kappa shape index (κ1) is 14.4. The molecule has 2 aromatic carbocycles. The fourth-order valence-electron chi connectivity index (χ4n) is 2.33. The molecule has 0 radical (unpaired) electrons. The summed E-state index contributed by atoms with van der Waals surface area (Å²) in [6.07, 6.45) is 0. The van der Waals surface area contributed by atoms with Crippen LogP contribution in [0.5, 0.6) is 11.5 Å². The highest BCUT2D eigenvalue weighted by molar-refractivity contribution is 9.10. The number of nitrogens with one attached hydrogen (secondary N) is 1. The topological polar surface area (TPSA) is 30.5 Å². The normalized spacial score (nSPS) is 14.2. The number of hydrogen-bond donors (Lipinski definition) is 1. The summed E-state index contributed by atoms with van der Waals surface area (Å²) in [5.74, 6) is 1.28. The van der Waals surface area contributed by atoms with E-state index in [0.29, 0.717) is 12.1 Å². The number of halogens is 2. The van der Waals surface area contributed by atoms with Gasteiger partial charge in [0.15, 0.2) is 11.5 Å². The maximum Gasteiger partial charge on any atom is 0.231 e. The van der Waals surface area contributed by atoms with Crippen molar-refractivity contribution in [1.29, 1.82) is 0 Å². The van der Waals surface area contributed by atoms with Crippen molar-refractivity contribution in [3.05, 3.63) is 57.8 Å². The molecule has 1 N–H and O–H groups in total. The Balaban J connectivity index is 1.71. The van der Waals surface area contributed by atoms with Gasteiger partial charge in [-0.05, 0) is 46.6 Å².